The van der Waals surface area contributed by atoms with Crippen molar-refractivity contribution in [1.82, 2.24) is 20.1 Å². The van der Waals surface area contributed by atoms with Gasteiger partial charge >= 0.3 is 6.09 Å². The molecule has 1 aliphatic rings. The Kier molecular flexibility index (Phi) is 5.77. The van der Waals surface area contributed by atoms with E-state index in [0.29, 0.717) is 56.7 Å². The summed E-state index contributed by atoms with van der Waals surface area (Å²) in [6.45, 7) is 4.72. The lowest BCUT2D eigenvalue weighted by Gasteiger charge is -2.33. The van der Waals surface area contributed by atoms with E-state index in [0.717, 1.165) is 0 Å². The number of carbonyl (C=O) groups is 1. The van der Waals surface area contributed by atoms with Crippen LogP contribution in [-0.4, -0.2) is 59.0 Å². The van der Waals surface area contributed by atoms with Gasteiger partial charge in [-0.2, -0.15) is 10.1 Å². The van der Waals surface area contributed by atoms with Gasteiger partial charge in [0.05, 0.1) is 12.8 Å². The minimum Gasteiger partial charge on any atom is -0.450 e. The first-order chi connectivity index (χ1) is 12.7. The van der Waals surface area contributed by atoms with Crippen LogP contribution < -0.4 is 10.2 Å². The van der Waals surface area contributed by atoms with Gasteiger partial charge in [-0.3, -0.25) is 0 Å². The lowest BCUT2D eigenvalue weighted by atomic mass is 10.2. The average molecular weight is 360 g/mol. The second kappa shape index (κ2) is 8.41. The summed E-state index contributed by atoms with van der Waals surface area (Å²) in [6.07, 6.45) is 1.20. The van der Waals surface area contributed by atoms with Gasteiger partial charge in [-0.05, 0) is 13.0 Å². The lowest BCUT2D eigenvalue weighted by molar-refractivity contribution is 0.105. The number of halogens is 1. The number of hydrogen-bond acceptors (Lipinski definition) is 7. The molecule has 1 amide bonds. The van der Waals surface area contributed by atoms with E-state index in [-0.39, 0.29) is 11.9 Å². The molecule has 1 saturated heterocycles. The third kappa shape index (κ3) is 4.35. The third-order valence-corrected chi connectivity index (χ3v) is 4.05. The van der Waals surface area contributed by atoms with E-state index >= 15 is 0 Å². The maximum atomic E-state index is 13.7. The Hall–Kier alpha value is -2.97. The molecule has 0 bridgehead atoms. The fourth-order valence-electron chi connectivity index (χ4n) is 2.64. The molecule has 138 valence electrons. The zero-order valence-corrected chi connectivity index (χ0v) is 14.6. The molecule has 0 unspecified atom stereocenters. The summed E-state index contributed by atoms with van der Waals surface area (Å²) in [5.74, 6) is 0.732. The Morgan fingerprint density at radius 1 is 1.27 bits per heavy atom. The molecule has 1 aromatic carbocycles. The maximum absolute atomic E-state index is 13.7. The second-order valence-corrected chi connectivity index (χ2v) is 5.76. The minimum absolute atomic E-state index is 0.266. The number of nitrogens with one attached hydrogen (secondary N) is 1. The highest BCUT2D eigenvalue weighted by Crippen LogP contribution is 2.14. The monoisotopic (exact) mass is 360 g/mol. The van der Waals surface area contributed by atoms with Crippen molar-refractivity contribution < 1.29 is 13.9 Å². The molecule has 1 aliphatic heterocycles. The number of hydrogen-bond donors (Lipinski definition) is 1. The zero-order valence-electron chi connectivity index (χ0n) is 14.6. The second-order valence-electron chi connectivity index (χ2n) is 5.76. The van der Waals surface area contributed by atoms with Crippen LogP contribution in [0, 0.1) is 5.82 Å². The standard InChI is InChI=1S/C17H21FN6O2/c1-2-26-17(25)24-9-7-23(8-10-24)16-21-15(12-20-22-16)19-11-13-5-3-4-6-14(13)18/h3-6,12H,2,7-11H2,1H3,(H,19,21,22). The molecule has 3 rings (SSSR count). The molecule has 0 spiro atoms. The summed E-state index contributed by atoms with van der Waals surface area (Å²) >= 11 is 0. The van der Waals surface area contributed by atoms with E-state index in [1.165, 1.54) is 12.3 Å². The molecule has 8 nitrogen and oxygen atoms in total. The van der Waals surface area contributed by atoms with Gasteiger partial charge in [-0.25, -0.2) is 9.18 Å². The van der Waals surface area contributed by atoms with E-state index in [1.54, 1.807) is 30.0 Å². The van der Waals surface area contributed by atoms with Crippen molar-refractivity contribution in [3.05, 3.63) is 41.8 Å². The number of nitrogens with zero attached hydrogens (tertiary/aromatic N) is 5. The smallest absolute Gasteiger partial charge is 0.409 e. The van der Waals surface area contributed by atoms with Gasteiger partial charge < -0.3 is 19.9 Å². The number of rotatable bonds is 5. The number of carbonyl (C=O) groups excluding carboxylic acids is 1. The minimum atomic E-state index is -0.300. The summed E-state index contributed by atoms with van der Waals surface area (Å²) in [5.41, 5.74) is 0.552. The van der Waals surface area contributed by atoms with E-state index in [1.807, 2.05) is 4.90 Å². The molecule has 9 heteroatoms. The van der Waals surface area contributed by atoms with Crippen LogP contribution in [0.5, 0.6) is 0 Å². The normalized spacial score (nSPS) is 14.2. The first-order valence-corrected chi connectivity index (χ1v) is 8.51. The molecule has 1 N–H and O–H groups in total. The van der Waals surface area contributed by atoms with Crippen LogP contribution in [0.3, 0.4) is 0 Å². The van der Waals surface area contributed by atoms with Gasteiger partial charge in [0.15, 0.2) is 5.82 Å². The van der Waals surface area contributed by atoms with Crippen LogP contribution in [0.15, 0.2) is 30.5 Å². The number of aromatic nitrogens is 3. The van der Waals surface area contributed by atoms with Crippen LogP contribution in [-0.2, 0) is 11.3 Å². The van der Waals surface area contributed by atoms with Gasteiger partial charge in [0.1, 0.15) is 5.82 Å². The summed E-state index contributed by atoms with van der Waals surface area (Å²) in [6, 6.07) is 6.57. The van der Waals surface area contributed by atoms with Gasteiger partial charge in [0.2, 0.25) is 5.95 Å². The van der Waals surface area contributed by atoms with Crippen LogP contribution in [0.1, 0.15) is 12.5 Å². The highest BCUT2D eigenvalue weighted by molar-refractivity contribution is 5.68. The van der Waals surface area contributed by atoms with Crippen molar-refractivity contribution in [1.29, 1.82) is 0 Å². The van der Waals surface area contributed by atoms with Crippen LogP contribution in [0.25, 0.3) is 0 Å². The maximum Gasteiger partial charge on any atom is 0.409 e. The zero-order chi connectivity index (χ0) is 18.4. The van der Waals surface area contributed by atoms with Crippen molar-refractivity contribution in [2.45, 2.75) is 13.5 Å². The Balaban J connectivity index is 1.58. The SMILES string of the molecule is CCOC(=O)N1CCN(c2nncc(NCc3ccccc3F)n2)CC1. The van der Waals surface area contributed by atoms with Crippen LogP contribution >= 0.6 is 0 Å². The molecule has 2 aromatic rings. The predicted octanol–water partition coefficient (Wildman–Crippen LogP) is 1.90. The van der Waals surface area contributed by atoms with E-state index in [2.05, 4.69) is 20.5 Å². The first-order valence-electron chi connectivity index (χ1n) is 8.51. The average Bonchev–Trinajstić information content (AvgIpc) is 2.68. The van der Waals surface area contributed by atoms with Crippen molar-refractivity contribution >= 4 is 17.9 Å². The van der Waals surface area contributed by atoms with Crippen molar-refractivity contribution in [3.63, 3.8) is 0 Å². The molecule has 1 aromatic heterocycles. The van der Waals surface area contributed by atoms with Gasteiger partial charge in [-0.15, -0.1) is 5.10 Å². The largest absolute Gasteiger partial charge is 0.450 e. The summed E-state index contributed by atoms with van der Waals surface area (Å²) in [7, 11) is 0. The van der Waals surface area contributed by atoms with Crippen molar-refractivity contribution in [2.24, 2.45) is 0 Å². The Labute approximate surface area is 151 Å². The highest BCUT2D eigenvalue weighted by atomic mass is 19.1. The quantitative estimate of drug-likeness (QED) is 0.872. The number of ether oxygens (including phenoxy) is 1. The molecular formula is C17H21FN6O2. The fourth-order valence-corrected chi connectivity index (χ4v) is 2.64. The molecule has 0 aliphatic carbocycles. The fraction of sp³-hybridized carbons (Fsp3) is 0.412. The Bertz CT molecular complexity index is 752. The number of anilines is 2. The topological polar surface area (TPSA) is 83.5 Å². The number of piperazine rings is 1. The van der Waals surface area contributed by atoms with E-state index in [9.17, 15) is 9.18 Å². The summed E-state index contributed by atoms with van der Waals surface area (Å²) < 4.78 is 18.7. The Morgan fingerprint density at radius 3 is 2.77 bits per heavy atom. The molecule has 1 fully saturated rings. The molecule has 0 saturated carbocycles. The van der Waals surface area contributed by atoms with Crippen molar-refractivity contribution in [2.75, 3.05) is 43.0 Å². The predicted molar refractivity (Wildman–Crippen MR) is 94.4 cm³/mol. The van der Waals surface area contributed by atoms with Crippen molar-refractivity contribution in [3.8, 4) is 0 Å². The molecule has 0 atom stereocenters. The summed E-state index contributed by atoms with van der Waals surface area (Å²) in [4.78, 5) is 19.8. The molecule has 2 heterocycles. The number of amides is 1. The van der Waals surface area contributed by atoms with Crippen LogP contribution in [0.4, 0.5) is 21.0 Å². The van der Waals surface area contributed by atoms with Gasteiger partial charge in [0.25, 0.3) is 0 Å². The number of benzene rings is 1. The van der Waals surface area contributed by atoms with Gasteiger partial charge in [-0.1, -0.05) is 18.2 Å². The van der Waals surface area contributed by atoms with Gasteiger partial charge in [0, 0.05) is 38.3 Å². The lowest BCUT2D eigenvalue weighted by Crippen LogP contribution is -2.49. The molecule has 26 heavy (non-hydrogen) atoms. The molecule has 0 radical (unpaired) electrons. The van der Waals surface area contributed by atoms with E-state index in [4.69, 9.17) is 4.74 Å². The third-order valence-electron chi connectivity index (χ3n) is 4.05. The molecular weight excluding hydrogens is 339 g/mol. The Morgan fingerprint density at radius 2 is 2.04 bits per heavy atom. The van der Waals surface area contributed by atoms with E-state index < -0.39 is 0 Å². The first kappa shape index (κ1) is 17.8. The highest BCUT2D eigenvalue weighted by Gasteiger charge is 2.23. The van der Waals surface area contributed by atoms with Crippen LogP contribution in [0.2, 0.25) is 0 Å². The summed E-state index contributed by atoms with van der Waals surface area (Å²) in [5, 5.41) is 11.1.